The molecule has 0 bridgehead atoms. The summed E-state index contributed by atoms with van der Waals surface area (Å²) >= 11 is 6.25. The molecule has 0 unspecified atom stereocenters. The maximum atomic E-state index is 13.0. The highest BCUT2D eigenvalue weighted by Gasteiger charge is 2.25. The van der Waals surface area contributed by atoms with Crippen molar-refractivity contribution in [3.05, 3.63) is 77.1 Å². The van der Waals surface area contributed by atoms with Gasteiger partial charge in [0.2, 0.25) is 10.0 Å². The summed E-state index contributed by atoms with van der Waals surface area (Å²) in [6.45, 7) is 4.53. The maximum Gasteiger partial charge on any atom is 0.255 e. The summed E-state index contributed by atoms with van der Waals surface area (Å²) in [5.41, 5.74) is 1.90. The zero-order chi connectivity index (χ0) is 22.6. The van der Waals surface area contributed by atoms with Gasteiger partial charge in [-0.05, 0) is 30.3 Å². The molecule has 1 aromatic heterocycles. The number of rotatable bonds is 8. The lowest BCUT2D eigenvalue weighted by Gasteiger charge is -2.20. The van der Waals surface area contributed by atoms with Gasteiger partial charge in [-0.1, -0.05) is 43.6 Å². The van der Waals surface area contributed by atoms with Crippen LogP contribution in [0.15, 0.2) is 65.8 Å². The molecule has 2 aromatic carbocycles. The Balaban J connectivity index is 1.82. The van der Waals surface area contributed by atoms with Crippen LogP contribution in [0.1, 0.15) is 29.8 Å². The number of sulfonamides is 1. The van der Waals surface area contributed by atoms with E-state index >= 15 is 0 Å². The number of benzene rings is 2. The van der Waals surface area contributed by atoms with Crippen LogP contribution in [0.3, 0.4) is 0 Å². The Morgan fingerprint density at radius 3 is 2.42 bits per heavy atom. The van der Waals surface area contributed by atoms with Crippen LogP contribution in [0.2, 0.25) is 5.02 Å². The van der Waals surface area contributed by atoms with E-state index in [1.165, 1.54) is 27.4 Å². The lowest BCUT2D eigenvalue weighted by atomic mass is 10.2. The van der Waals surface area contributed by atoms with Crippen LogP contribution in [0.4, 0.5) is 0 Å². The van der Waals surface area contributed by atoms with Crippen molar-refractivity contribution in [3.63, 3.8) is 0 Å². The predicted molar refractivity (Wildman–Crippen MR) is 121 cm³/mol. The van der Waals surface area contributed by atoms with Crippen LogP contribution in [0.25, 0.3) is 5.69 Å². The predicted octanol–water partition coefficient (Wildman–Crippen LogP) is 3.83. The van der Waals surface area contributed by atoms with Crippen molar-refractivity contribution < 1.29 is 13.2 Å². The van der Waals surface area contributed by atoms with Gasteiger partial charge in [0.1, 0.15) is 0 Å². The zero-order valence-corrected chi connectivity index (χ0v) is 19.3. The third-order valence-electron chi connectivity index (χ3n) is 4.93. The molecule has 31 heavy (non-hydrogen) atoms. The Bertz CT molecular complexity index is 1160. The summed E-state index contributed by atoms with van der Waals surface area (Å²) in [6.07, 6.45) is 3.54. The van der Waals surface area contributed by atoms with E-state index in [-0.39, 0.29) is 21.4 Å². The Hall–Kier alpha value is -2.68. The van der Waals surface area contributed by atoms with Crippen molar-refractivity contribution >= 4 is 27.5 Å². The minimum Gasteiger partial charge on any atom is -0.337 e. The molecule has 0 spiro atoms. The van der Waals surface area contributed by atoms with Gasteiger partial charge in [0, 0.05) is 38.4 Å². The molecule has 0 N–H and O–H groups in total. The molecule has 0 aliphatic heterocycles. The minimum atomic E-state index is -3.70. The van der Waals surface area contributed by atoms with Crippen LogP contribution in [0, 0.1) is 0 Å². The molecule has 3 aromatic rings. The fourth-order valence-electron chi connectivity index (χ4n) is 3.26. The van der Waals surface area contributed by atoms with E-state index in [1.807, 2.05) is 36.5 Å². The van der Waals surface area contributed by atoms with E-state index in [9.17, 15) is 13.2 Å². The minimum absolute atomic E-state index is 0.0502. The highest BCUT2D eigenvalue weighted by atomic mass is 35.5. The molecular formula is C22H25ClN4O3S. The second-order valence-corrected chi connectivity index (χ2v) is 9.37. The number of amides is 1. The maximum absolute atomic E-state index is 13.0. The van der Waals surface area contributed by atoms with Crippen molar-refractivity contribution in [2.24, 2.45) is 0 Å². The molecule has 164 valence electrons. The number of hydrogen-bond acceptors (Lipinski definition) is 4. The fraction of sp³-hybridized carbons (Fsp3) is 0.273. The zero-order valence-electron chi connectivity index (χ0n) is 17.7. The van der Waals surface area contributed by atoms with Gasteiger partial charge in [0.25, 0.3) is 5.91 Å². The molecule has 0 saturated heterocycles. The smallest absolute Gasteiger partial charge is 0.255 e. The van der Waals surface area contributed by atoms with Gasteiger partial charge in [-0.3, -0.25) is 4.79 Å². The first-order valence-electron chi connectivity index (χ1n) is 9.92. The SMILES string of the molecule is CCN(CC)S(=O)(=O)c1ccc(Cl)c(C(=O)N(C)Cc2cnn(-c3ccccc3)c2)c1. The number of nitrogens with zero attached hydrogens (tertiary/aromatic N) is 4. The van der Waals surface area contributed by atoms with E-state index in [1.54, 1.807) is 31.8 Å². The van der Waals surface area contributed by atoms with Gasteiger partial charge < -0.3 is 4.90 Å². The van der Waals surface area contributed by atoms with Crippen molar-refractivity contribution in [1.29, 1.82) is 0 Å². The lowest BCUT2D eigenvalue weighted by molar-refractivity contribution is 0.0785. The molecule has 3 rings (SSSR count). The van der Waals surface area contributed by atoms with Gasteiger partial charge in [-0.2, -0.15) is 9.40 Å². The molecule has 7 nitrogen and oxygen atoms in total. The first-order valence-corrected chi connectivity index (χ1v) is 11.7. The molecule has 9 heteroatoms. The third-order valence-corrected chi connectivity index (χ3v) is 7.31. The van der Waals surface area contributed by atoms with Crippen molar-refractivity contribution in [1.82, 2.24) is 19.0 Å². The van der Waals surface area contributed by atoms with Crippen LogP contribution in [-0.2, 0) is 16.6 Å². The normalized spacial score (nSPS) is 11.6. The Morgan fingerprint density at radius 1 is 1.10 bits per heavy atom. The third kappa shape index (κ3) is 4.98. The van der Waals surface area contributed by atoms with E-state index in [0.29, 0.717) is 19.6 Å². The largest absolute Gasteiger partial charge is 0.337 e. The van der Waals surface area contributed by atoms with Crippen molar-refractivity contribution in [3.8, 4) is 5.69 Å². The number of aromatic nitrogens is 2. The van der Waals surface area contributed by atoms with Crippen molar-refractivity contribution in [2.75, 3.05) is 20.1 Å². The summed E-state index contributed by atoms with van der Waals surface area (Å²) in [5.74, 6) is -0.367. The standard InChI is InChI=1S/C22H25ClN4O3S/c1-4-26(5-2)31(29,30)19-11-12-21(23)20(13-19)22(28)25(3)15-17-14-24-27(16-17)18-9-7-6-8-10-18/h6-14,16H,4-5,15H2,1-3H3. The number of para-hydroxylation sites is 1. The Labute approximate surface area is 187 Å². The lowest BCUT2D eigenvalue weighted by Crippen LogP contribution is -2.31. The number of carbonyl (C=O) groups excluding carboxylic acids is 1. The van der Waals surface area contributed by atoms with Gasteiger partial charge in [-0.15, -0.1) is 0 Å². The number of carbonyl (C=O) groups is 1. The molecule has 0 radical (unpaired) electrons. The van der Waals surface area contributed by atoms with Crippen LogP contribution in [0.5, 0.6) is 0 Å². The van der Waals surface area contributed by atoms with Crippen LogP contribution in [-0.4, -0.2) is 53.4 Å². The summed E-state index contributed by atoms with van der Waals surface area (Å²) in [6, 6.07) is 13.9. The average Bonchev–Trinajstić information content (AvgIpc) is 3.23. The summed E-state index contributed by atoms with van der Waals surface area (Å²) in [7, 11) is -2.05. The van der Waals surface area contributed by atoms with Gasteiger partial charge in [0.15, 0.2) is 0 Å². The van der Waals surface area contributed by atoms with E-state index in [0.717, 1.165) is 11.3 Å². The monoisotopic (exact) mass is 460 g/mol. The highest BCUT2D eigenvalue weighted by Crippen LogP contribution is 2.24. The topological polar surface area (TPSA) is 75.5 Å². The Kier molecular flexibility index (Phi) is 7.15. The first-order chi connectivity index (χ1) is 14.8. The number of hydrogen-bond donors (Lipinski definition) is 0. The second kappa shape index (κ2) is 9.64. The van der Waals surface area contributed by atoms with Crippen LogP contribution < -0.4 is 0 Å². The molecular weight excluding hydrogens is 436 g/mol. The average molecular weight is 461 g/mol. The fourth-order valence-corrected chi connectivity index (χ4v) is 4.94. The quantitative estimate of drug-likeness (QED) is 0.512. The second-order valence-electron chi connectivity index (χ2n) is 7.02. The van der Waals surface area contributed by atoms with Gasteiger partial charge >= 0.3 is 0 Å². The molecule has 0 fully saturated rings. The Morgan fingerprint density at radius 2 is 1.77 bits per heavy atom. The van der Waals surface area contributed by atoms with Gasteiger partial charge in [0.05, 0.1) is 27.4 Å². The van der Waals surface area contributed by atoms with Gasteiger partial charge in [-0.25, -0.2) is 13.1 Å². The molecule has 0 atom stereocenters. The molecule has 0 aliphatic carbocycles. The number of halogens is 1. The molecule has 1 amide bonds. The summed E-state index contributed by atoms with van der Waals surface area (Å²) in [4.78, 5) is 14.6. The summed E-state index contributed by atoms with van der Waals surface area (Å²) < 4.78 is 28.7. The van der Waals surface area contributed by atoms with E-state index in [4.69, 9.17) is 11.6 Å². The molecule has 0 saturated carbocycles. The molecule has 0 aliphatic rings. The first kappa shape index (κ1) is 23.0. The molecule has 1 heterocycles. The van der Waals surface area contributed by atoms with Crippen molar-refractivity contribution in [2.45, 2.75) is 25.3 Å². The van der Waals surface area contributed by atoms with E-state index < -0.39 is 10.0 Å². The van der Waals surface area contributed by atoms with E-state index in [2.05, 4.69) is 5.10 Å². The van der Waals surface area contributed by atoms with Crippen LogP contribution >= 0.6 is 11.6 Å². The highest BCUT2D eigenvalue weighted by molar-refractivity contribution is 7.89. The summed E-state index contributed by atoms with van der Waals surface area (Å²) in [5, 5.41) is 4.55.